The molecule has 0 aliphatic carbocycles. The predicted octanol–water partition coefficient (Wildman–Crippen LogP) is 5.37. The summed E-state index contributed by atoms with van der Waals surface area (Å²) in [6, 6.07) is 11.6. The standard InChI is InChI=1S/C22H20N2O3S/c1-12-5-6-16(7-13(12)2)21-23-24-22(27-21)28-11-17-10-20(25)26-19-9-15(4)14(3)8-18(17)19/h5-10H,11H2,1-4H3. The summed E-state index contributed by atoms with van der Waals surface area (Å²) >= 11 is 1.41. The summed E-state index contributed by atoms with van der Waals surface area (Å²) in [7, 11) is 0. The Morgan fingerprint density at radius 3 is 2.39 bits per heavy atom. The molecule has 142 valence electrons. The van der Waals surface area contributed by atoms with Crippen molar-refractivity contribution in [1.82, 2.24) is 10.2 Å². The maximum Gasteiger partial charge on any atom is 0.336 e. The number of fused-ring (bicyclic) bond motifs is 1. The normalized spacial score (nSPS) is 11.3. The minimum Gasteiger partial charge on any atom is -0.423 e. The third kappa shape index (κ3) is 3.60. The van der Waals surface area contributed by atoms with Crippen LogP contribution in [0.1, 0.15) is 27.8 Å². The fourth-order valence-electron chi connectivity index (χ4n) is 3.00. The number of aromatic nitrogens is 2. The number of rotatable bonds is 4. The predicted molar refractivity (Wildman–Crippen MR) is 111 cm³/mol. The molecule has 0 aliphatic rings. The van der Waals surface area contributed by atoms with E-state index in [0.29, 0.717) is 22.4 Å². The molecule has 0 saturated heterocycles. The van der Waals surface area contributed by atoms with Crippen molar-refractivity contribution >= 4 is 22.7 Å². The van der Waals surface area contributed by atoms with E-state index < -0.39 is 0 Å². The number of hydrogen-bond acceptors (Lipinski definition) is 6. The maximum atomic E-state index is 11.9. The lowest BCUT2D eigenvalue weighted by Gasteiger charge is -2.07. The van der Waals surface area contributed by atoms with Gasteiger partial charge in [0.2, 0.25) is 5.89 Å². The lowest BCUT2D eigenvalue weighted by Crippen LogP contribution is -2.00. The Balaban J connectivity index is 1.60. The molecule has 6 heteroatoms. The van der Waals surface area contributed by atoms with Crippen LogP contribution < -0.4 is 5.63 Å². The van der Waals surface area contributed by atoms with Crippen LogP contribution in [0.2, 0.25) is 0 Å². The van der Waals surface area contributed by atoms with Crippen molar-refractivity contribution in [2.24, 2.45) is 0 Å². The molecule has 0 N–H and O–H groups in total. The molecule has 0 unspecified atom stereocenters. The van der Waals surface area contributed by atoms with Crippen LogP contribution in [0.3, 0.4) is 0 Å². The van der Waals surface area contributed by atoms with Gasteiger partial charge in [-0.15, -0.1) is 10.2 Å². The molecule has 4 rings (SSSR count). The van der Waals surface area contributed by atoms with Crippen LogP contribution in [-0.2, 0) is 5.75 Å². The monoisotopic (exact) mass is 392 g/mol. The van der Waals surface area contributed by atoms with Crippen molar-refractivity contribution in [3.8, 4) is 11.5 Å². The summed E-state index contributed by atoms with van der Waals surface area (Å²) in [6.07, 6.45) is 0. The average Bonchev–Trinajstić information content (AvgIpc) is 3.12. The highest BCUT2D eigenvalue weighted by molar-refractivity contribution is 7.98. The molecule has 0 atom stereocenters. The Morgan fingerprint density at radius 1 is 0.857 bits per heavy atom. The van der Waals surface area contributed by atoms with E-state index in [1.54, 1.807) is 0 Å². The molecule has 0 aliphatic heterocycles. The van der Waals surface area contributed by atoms with E-state index in [4.69, 9.17) is 8.83 Å². The summed E-state index contributed by atoms with van der Waals surface area (Å²) in [4.78, 5) is 11.9. The number of thioether (sulfide) groups is 1. The summed E-state index contributed by atoms with van der Waals surface area (Å²) in [5.74, 6) is 1.04. The third-order valence-corrected chi connectivity index (χ3v) is 5.82. The molecule has 4 aromatic rings. The van der Waals surface area contributed by atoms with E-state index >= 15 is 0 Å². The summed E-state index contributed by atoms with van der Waals surface area (Å²) in [5.41, 5.74) is 6.69. The van der Waals surface area contributed by atoms with Crippen LogP contribution >= 0.6 is 11.8 Å². The van der Waals surface area contributed by atoms with Gasteiger partial charge in [0.25, 0.3) is 5.22 Å². The quantitative estimate of drug-likeness (QED) is 0.344. The first kappa shape index (κ1) is 18.5. The lowest BCUT2D eigenvalue weighted by molar-refractivity contribution is 0.466. The molecule has 2 aromatic carbocycles. The van der Waals surface area contributed by atoms with Gasteiger partial charge in [0.1, 0.15) is 5.58 Å². The van der Waals surface area contributed by atoms with Crippen molar-refractivity contribution in [2.75, 3.05) is 0 Å². The van der Waals surface area contributed by atoms with Crippen molar-refractivity contribution in [2.45, 2.75) is 38.7 Å². The number of hydrogen-bond donors (Lipinski definition) is 0. The molecular formula is C22H20N2O3S. The molecule has 0 saturated carbocycles. The van der Waals surface area contributed by atoms with Crippen LogP contribution in [0.15, 0.2) is 55.2 Å². The number of benzene rings is 2. The third-order valence-electron chi connectivity index (χ3n) is 4.96. The van der Waals surface area contributed by atoms with E-state index in [0.717, 1.165) is 27.6 Å². The fourth-order valence-corrected chi connectivity index (χ4v) is 3.76. The van der Waals surface area contributed by atoms with Gasteiger partial charge in [0, 0.05) is 22.8 Å². The van der Waals surface area contributed by atoms with Crippen molar-refractivity contribution in [1.29, 1.82) is 0 Å². The summed E-state index contributed by atoms with van der Waals surface area (Å²) < 4.78 is 11.2. The molecule has 0 bridgehead atoms. The molecular weight excluding hydrogens is 372 g/mol. The van der Waals surface area contributed by atoms with Crippen LogP contribution in [0.5, 0.6) is 0 Å². The maximum absolute atomic E-state index is 11.9. The molecule has 5 nitrogen and oxygen atoms in total. The Hall–Kier alpha value is -2.86. The van der Waals surface area contributed by atoms with E-state index in [9.17, 15) is 4.79 Å². The zero-order valence-electron chi connectivity index (χ0n) is 16.2. The fraction of sp³-hybridized carbons (Fsp3) is 0.227. The van der Waals surface area contributed by atoms with Crippen LogP contribution in [0.25, 0.3) is 22.4 Å². The van der Waals surface area contributed by atoms with Gasteiger partial charge in [-0.1, -0.05) is 17.8 Å². The highest BCUT2D eigenvalue weighted by Crippen LogP contribution is 2.29. The zero-order valence-corrected chi connectivity index (χ0v) is 17.0. The van der Waals surface area contributed by atoms with E-state index in [2.05, 4.69) is 30.1 Å². The van der Waals surface area contributed by atoms with Crippen LogP contribution in [0, 0.1) is 27.7 Å². The topological polar surface area (TPSA) is 69.1 Å². The van der Waals surface area contributed by atoms with Crippen molar-refractivity contribution in [3.05, 3.63) is 74.6 Å². The molecule has 2 aromatic heterocycles. The molecule has 0 radical (unpaired) electrons. The summed E-state index contributed by atoms with van der Waals surface area (Å²) in [6.45, 7) is 8.17. The smallest absolute Gasteiger partial charge is 0.336 e. The SMILES string of the molecule is Cc1ccc(-c2nnc(SCc3cc(=O)oc4cc(C)c(C)cc34)o2)cc1C. The second-order valence-electron chi connectivity index (χ2n) is 6.98. The first-order chi connectivity index (χ1) is 13.4. The summed E-state index contributed by atoms with van der Waals surface area (Å²) in [5, 5.41) is 9.70. The van der Waals surface area contributed by atoms with Gasteiger partial charge < -0.3 is 8.83 Å². The zero-order chi connectivity index (χ0) is 19.8. The van der Waals surface area contributed by atoms with Gasteiger partial charge in [0.15, 0.2) is 0 Å². The van der Waals surface area contributed by atoms with Crippen molar-refractivity contribution in [3.63, 3.8) is 0 Å². The van der Waals surface area contributed by atoms with Gasteiger partial charge in [-0.2, -0.15) is 0 Å². The van der Waals surface area contributed by atoms with Gasteiger partial charge in [-0.3, -0.25) is 0 Å². The molecule has 28 heavy (non-hydrogen) atoms. The Labute approximate surface area is 166 Å². The largest absolute Gasteiger partial charge is 0.423 e. The minimum atomic E-state index is -0.354. The molecule has 2 heterocycles. The number of nitrogens with zero attached hydrogens (tertiary/aromatic N) is 2. The molecule has 0 fully saturated rings. The molecule has 0 spiro atoms. The average molecular weight is 392 g/mol. The van der Waals surface area contributed by atoms with E-state index in [-0.39, 0.29) is 5.63 Å². The van der Waals surface area contributed by atoms with Gasteiger partial charge >= 0.3 is 5.63 Å². The Kier molecular flexibility index (Phi) is 4.81. The van der Waals surface area contributed by atoms with Gasteiger partial charge in [0.05, 0.1) is 0 Å². The minimum absolute atomic E-state index is 0.354. The Bertz CT molecular complexity index is 1240. The van der Waals surface area contributed by atoms with Gasteiger partial charge in [-0.05, 0) is 79.8 Å². The van der Waals surface area contributed by atoms with E-state index in [1.807, 2.05) is 38.1 Å². The molecule has 0 amide bonds. The first-order valence-electron chi connectivity index (χ1n) is 8.98. The Morgan fingerprint density at radius 2 is 1.61 bits per heavy atom. The second-order valence-corrected chi connectivity index (χ2v) is 7.91. The van der Waals surface area contributed by atoms with Crippen LogP contribution in [0.4, 0.5) is 0 Å². The number of aryl methyl sites for hydroxylation is 4. The highest BCUT2D eigenvalue weighted by atomic mass is 32.2. The lowest BCUT2D eigenvalue weighted by atomic mass is 10.0. The van der Waals surface area contributed by atoms with Crippen LogP contribution in [-0.4, -0.2) is 10.2 Å². The second kappa shape index (κ2) is 7.28. The van der Waals surface area contributed by atoms with Gasteiger partial charge in [-0.25, -0.2) is 4.79 Å². The van der Waals surface area contributed by atoms with Crippen molar-refractivity contribution < 1.29 is 8.83 Å². The highest BCUT2D eigenvalue weighted by Gasteiger charge is 2.13. The first-order valence-corrected chi connectivity index (χ1v) is 9.97. The van der Waals surface area contributed by atoms with E-state index in [1.165, 1.54) is 29.0 Å².